The minimum atomic E-state index is -2.04. The van der Waals surface area contributed by atoms with E-state index < -0.39 is 11.6 Å². The molecular formula is C12H10KNO3S. The van der Waals surface area contributed by atoms with E-state index in [0.717, 1.165) is 23.8 Å². The van der Waals surface area contributed by atoms with Crippen LogP contribution in [0.3, 0.4) is 0 Å². The summed E-state index contributed by atoms with van der Waals surface area (Å²) in [6.45, 7) is 1.16. The Morgan fingerprint density at radius 1 is 1.39 bits per heavy atom. The number of aliphatic hydroxyl groups is 1. The van der Waals surface area contributed by atoms with Gasteiger partial charge in [0.2, 0.25) is 0 Å². The Morgan fingerprint density at radius 3 is 2.56 bits per heavy atom. The van der Waals surface area contributed by atoms with Crippen molar-refractivity contribution in [2.45, 2.75) is 12.5 Å². The molecule has 4 nitrogen and oxygen atoms in total. The van der Waals surface area contributed by atoms with E-state index in [1.54, 1.807) is 5.38 Å². The Morgan fingerprint density at radius 2 is 2.00 bits per heavy atom. The van der Waals surface area contributed by atoms with E-state index in [1.807, 2.05) is 30.3 Å². The average molecular weight is 287 g/mol. The number of carbonyl (C=O) groups excluding carboxylic acids is 1. The summed E-state index contributed by atoms with van der Waals surface area (Å²) in [5.41, 5.74) is -0.520. The summed E-state index contributed by atoms with van der Waals surface area (Å²) >= 11 is 1.10. The van der Waals surface area contributed by atoms with Gasteiger partial charge in [0.15, 0.2) is 5.60 Å². The predicted octanol–water partition coefficient (Wildman–Crippen LogP) is -2.23. The van der Waals surface area contributed by atoms with Crippen molar-refractivity contribution in [1.29, 1.82) is 0 Å². The molecule has 0 saturated carbocycles. The summed E-state index contributed by atoms with van der Waals surface area (Å²) in [5, 5.41) is 22.3. The molecule has 6 heteroatoms. The van der Waals surface area contributed by atoms with Gasteiger partial charge in [-0.15, -0.1) is 11.3 Å². The molecule has 0 amide bonds. The van der Waals surface area contributed by atoms with E-state index in [0.29, 0.717) is 5.69 Å². The number of aliphatic carboxylic acids is 1. The van der Waals surface area contributed by atoms with Crippen molar-refractivity contribution in [3.8, 4) is 11.3 Å². The molecule has 1 aromatic heterocycles. The molecular weight excluding hydrogens is 277 g/mol. The number of hydrogen-bond acceptors (Lipinski definition) is 5. The maximum atomic E-state index is 10.8. The van der Waals surface area contributed by atoms with Crippen LogP contribution in [0.1, 0.15) is 11.9 Å². The van der Waals surface area contributed by atoms with E-state index >= 15 is 0 Å². The normalized spacial score (nSPS) is 13.4. The largest absolute Gasteiger partial charge is 1.00 e. The Labute approximate surface area is 151 Å². The fraction of sp³-hybridized carbons (Fsp3) is 0.167. The van der Waals surface area contributed by atoms with Crippen molar-refractivity contribution in [3.63, 3.8) is 0 Å². The molecule has 1 heterocycles. The van der Waals surface area contributed by atoms with Crippen LogP contribution in [0.15, 0.2) is 35.7 Å². The summed E-state index contributed by atoms with van der Waals surface area (Å²) < 4.78 is 0. The minimum Gasteiger partial charge on any atom is -0.547 e. The van der Waals surface area contributed by atoms with Crippen molar-refractivity contribution >= 4 is 17.3 Å². The summed E-state index contributed by atoms with van der Waals surface area (Å²) in [4.78, 5) is 14.9. The molecule has 0 radical (unpaired) electrons. The van der Waals surface area contributed by atoms with E-state index in [-0.39, 0.29) is 56.4 Å². The molecule has 0 saturated heterocycles. The first-order valence-corrected chi connectivity index (χ1v) is 5.85. The molecule has 2 rings (SSSR count). The van der Waals surface area contributed by atoms with E-state index in [9.17, 15) is 15.0 Å². The van der Waals surface area contributed by atoms with Gasteiger partial charge in [-0.2, -0.15) is 0 Å². The number of carboxylic acids is 1. The van der Waals surface area contributed by atoms with Crippen LogP contribution in [0, 0.1) is 0 Å². The van der Waals surface area contributed by atoms with Gasteiger partial charge in [0, 0.05) is 10.9 Å². The number of carbonyl (C=O) groups is 1. The Kier molecular flexibility index (Phi) is 5.66. The van der Waals surface area contributed by atoms with Crippen molar-refractivity contribution in [2.24, 2.45) is 0 Å². The number of nitrogens with zero attached hydrogens (tertiary/aromatic N) is 1. The maximum absolute atomic E-state index is 10.8. The summed E-state index contributed by atoms with van der Waals surface area (Å²) in [6, 6.07) is 9.35. The molecule has 2 aromatic rings. The van der Waals surface area contributed by atoms with Crippen LogP contribution in [0.5, 0.6) is 0 Å². The molecule has 0 spiro atoms. The molecule has 1 N–H and O–H groups in total. The van der Waals surface area contributed by atoms with Crippen molar-refractivity contribution in [3.05, 3.63) is 40.7 Å². The van der Waals surface area contributed by atoms with Crippen LogP contribution in [0.2, 0.25) is 0 Å². The number of thiazole rings is 1. The molecule has 18 heavy (non-hydrogen) atoms. The first-order chi connectivity index (χ1) is 8.01. The van der Waals surface area contributed by atoms with Crippen molar-refractivity contribution in [2.75, 3.05) is 0 Å². The zero-order valence-electron chi connectivity index (χ0n) is 10.1. The molecule has 1 unspecified atom stereocenters. The topological polar surface area (TPSA) is 73.2 Å². The third kappa shape index (κ3) is 3.27. The van der Waals surface area contributed by atoms with Crippen LogP contribution in [-0.4, -0.2) is 16.1 Å². The van der Waals surface area contributed by atoms with Gasteiger partial charge < -0.3 is 15.0 Å². The third-order valence-electron chi connectivity index (χ3n) is 2.39. The second kappa shape index (κ2) is 6.38. The number of carboxylic acid groups (broad SMARTS) is 1. The van der Waals surface area contributed by atoms with Gasteiger partial charge in [-0.3, -0.25) is 0 Å². The molecule has 1 atom stereocenters. The minimum absolute atomic E-state index is 0. The van der Waals surface area contributed by atoms with Crippen molar-refractivity contribution in [1.82, 2.24) is 4.98 Å². The van der Waals surface area contributed by atoms with Gasteiger partial charge in [0.25, 0.3) is 0 Å². The predicted molar refractivity (Wildman–Crippen MR) is 62.1 cm³/mol. The molecule has 1 aromatic carbocycles. The molecule has 0 aliphatic carbocycles. The smallest absolute Gasteiger partial charge is 0.547 e. The second-order valence-electron chi connectivity index (χ2n) is 3.76. The SMILES string of the molecule is CC(O)(C(=O)[O-])c1nc(-c2ccccc2)cs1.[K+]. The number of hydrogen-bond donors (Lipinski definition) is 1. The summed E-state index contributed by atoms with van der Waals surface area (Å²) in [5.74, 6) is -1.55. The Balaban J connectivity index is 0.00000162. The quantitative estimate of drug-likeness (QED) is 0.649. The Bertz CT molecular complexity index is 539. The fourth-order valence-corrected chi connectivity index (χ4v) is 2.20. The number of rotatable bonds is 3. The van der Waals surface area contributed by atoms with Gasteiger partial charge in [-0.25, -0.2) is 4.98 Å². The maximum Gasteiger partial charge on any atom is 1.00 e. The summed E-state index contributed by atoms with van der Waals surface area (Å²) in [7, 11) is 0. The van der Waals surface area contributed by atoms with Crippen LogP contribution in [-0.2, 0) is 10.4 Å². The number of benzene rings is 1. The molecule has 0 aliphatic rings. The van der Waals surface area contributed by atoms with Gasteiger partial charge >= 0.3 is 51.4 Å². The van der Waals surface area contributed by atoms with Crippen LogP contribution >= 0.6 is 11.3 Å². The monoisotopic (exact) mass is 287 g/mol. The van der Waals surface area contributed by atoms with Gasteiger partial charge in [0.1, 0.15) is 5.01 Å². The van der Waals surface area contributed by atoms with Crippen LogP contribution in [0.25, 0.3) is 11.3 Å². The molecule has 88 valence electrons. The van der Waals surface area contributed by atoms with Crippen molar-refractivity contribution < 1.29 is 66.4 Å². The zero-order valence-corrected chi connectivity index (χ0v) is 14.0. The Hall–Kier alpha value is -0.0836. The van der Waals surface area contributed by atoms with E-state index in [4.69, 9.17) is 0 Å². The zero-order chi connectivity index (χ0) is 12.5. The standard InChI is InChI=1S/C12H11NO3S.K/c1-12(16,11(14)15)10-13-9(7-17-10)8-5-3-2-4-6-8;/h2-7,16H,1H3,(H,14,15);/q;+1/p-1. The molecule has 0 bridgehead atoms. The average Bonchev–Trinajstić information content (AvgIpc) is 2.80. The molecule has 0 aliphatic heterocycles. The first kappa shape index (κ1) is 16.0. The fourth-order valence-electron chi connectivity index (χ4n) is 1.33. The number of aromatic nitrogens is 1. The van der Waals surface area contributed by atoms with Gasteiger partial charge in [0.05, 0.1) is 11.7 Å². The van der Waals surface area contributed by atoms with E-state index in [1.165, 1.54) is 0 Å². The molecule has 0 fully saturated rings. The van der Waals surface area contributed by atoms with Gasteiger partial charge in [-0.05, 0) is 6.92 Å². The van der Waals surface area contributed by atoms with Gasteiger partial charge in [-0.1, -0.05) is 30.3 Å². The second-order valence-corrected chi connectivity index (χ2v) is 4.62. The summed E-state index contributed by atoms with van der Waals surface area (Å²) in [6.07, 6.45) is 0. The van der Waals surface area contributed by atoms with Crippen LogP contribution < -0.4 is 56.5 Å². The van der Waals surface area contributed by atoms with E-state index in [2.05, 4.69) is 4.98 Å². The third-order valence-corrected chi connectivity index (χ3v) is 3.44. The first-order valence-electron chi connectivity index (χ1n) is 4.97. The van der Waals surface area contributed by atoms with Crippen LogP contribution in [0.4, 0.5) is 0 Å².